The topological polar surface area (TPSA) is 138 Å². The number of amides is 1. The summed E-state index contributed by atoms with van der Waals surface area (Å²) in [5.74, 6) is 0.872. The van der Waals surface area contributed by atoms with E-state index in [-0.39, 0.29) is 24.0 Å². The largest absolute Gasteiger partial charge is 0.414 e. The number of nitrogens with zero attached hydrogens (tertiary/aromatic N) is 3. The summed E-state index contributed by atoms with van der Waals surface area (Å²) in [6, 6.07) is 20.4. The lowest BCUT2D eigenvalue weighted by Gasteiger charge is -2.40. The number of alkyl carbamates (subject to hydrolysis) is 1. The maximum absolute atomic E-state index is 13.4. The minimum Gasteiger partial charge on any atom is -0.414 e. The molecule has 2 unspecified atom stereocenters. The minimum atomic E-state index is -0.672. The molecule has 0 saturated carbocycles. The van der Waals surface area contributed by atoms with E-state index in [0.717, 1.165) is 36.8 Å². The molecule has 0 spiro atoms. The van der Waals surface area contributed by atoms with Crippen LogP contribution in [-0.4, -0.2) is 80.6 Å². The van der Waals surface area contributed by atoms with Gasteiger partial charge >= 0.3 is 6.09 Å². The van der Waals surface area contributed by atoms with Gasteiger partial charge in [0.05, 0.1) is 11.5 Å². The lowest BCUT2D eigenvalue weighted by atomic mass is 9.68. The fraction of sp³-hybridized carbons (Fsp3) is 0.500. The molecular formula is C34H51N7O3. The highest BCUT2D eigenvalue weighted by atomic mass is 16.6. The van der Waals surface area contributed by atoms with E-state index in [2.05, 4.69) is 70.9 Å². The Kier molecular flexibility index (Phi) is 13.9. The van der Waals surface area contributed by atoms with Crippen molar-refractivity contribution in [2.75, 3.05) is 40.3 Å². The normalized spacial score (nSPS) is 17.5. The molecule has 1 aliphatic heterocycles. The van der Waals surface area contributed by atoms with Crippen molar-refractivity contribution in [1.82, 2.24) is 20.7 Å². The second kappa shape index (κ2) is 17.5. The molecule has 2 aromatic rings. The molecule has 3 rings (SSSR count). The molecule has 1 fully saturated rings. The Bertz CT molecular complexity index is 1180. The fourth-order valence-electron chi connectivity index (χ4n) is 5.88. The lowest BCUT2D eigenvalue weighted by molar-refractivity contribution is -0.111. The average Bonchev–Trinajstić information content (AvgIpc) is 3.03. The van der Waals surface area contributed by atoms with Gasteiger partial charge in [-0.05, 0) is 83.2 Å². The molecule has 1 aliphatic rings. The number of ether oxygens (including phenoxy) is 1. The van der Waals surface area contributed by atoms with Gasteiger partial charge in [-0.2, -0.15) is 0 Å². The van der Waals surface area contributed by atoms with E-state index < -0.39 is 11.5 Å². The van der Waals surface area contributed by atoms with Crippen LogP contribution in [0.5, 0.6) is 0 Å². The van der Waals surface area contributed by atoms with Crippen molar-refractivity contribution in [3.63, 3.8) is 0 Å². The average molecular weight is 606 g/mol. The Morgan fingerprint density at radius 2 is 1.77 bits per heavy atom. The molecular weight excluding hydrogens is 554 g/mol. The molecule has 1 amide bonds. The molecule has 3 atom stereocenters. The first-order valence-electron chi connectivity index (χ1n) is 15.6. The maximum Gasteiger partial charge on any atom is 0.412 e. The summed E-state index contributed by atoms with van der Waals surface area (Å²) in [4.78, 5) is 31.2. The van der Waals surface area contributed by atoms with Crippen LogP contribution in [0, 0.1) is 5.92 Å². The summed E-state index contributed by atoms with van der Waals surface area (Å²) in [5, 5.41) is 5.11. The first-order chi connectivity index (χ1) is 21.2. The molecule has 2 aromatic carbocycles. The Hall–Kier alpha value is -3.73. The van der Waals surface area contributed by atoms with Crippen molar-refractivity contribution in [1.29, 1.82) is 0 Å². The third-order valence-corrected chi connectivity index (χ3v) is 8.44. The molecule has 240 valence electrons. The zero-order valence-electron chi connectivity index (χ0n) is 26.7. The highest BCUT2D eigenvalue weighted by molar-refractivity contribution is 5.75. The first-order valence-corrected chi connectivity index (χ1v) is 15.6. The Balaban J connectivity index is 1.70. The molecule has 10 heteroatoms. The highest BCUT2D eigenvalue weighted by Gasteiger charge is 2.42. The third kappa shape index (κ3) is 9.90. The molecule has 1 heterocycles. The number of benzene rings is 2. The van der Waals surface area contributed by atoms with Crippen LogP contribution < -0.4 is 22.2 Å². The number of carbonyl (C=O) groups excluding carboxylic acids is 2. The molecule has 0 bridgehead atoms. The van der Waals surface area contributed by atoms with E-state index in [1.807, 2.05) is 49.4 Å². The Morgan fingerprint density at radius 3 is 2.32 bits per heavy atom. The van der Waals surface area contributed by atoms with Gasteiger partial charge < -0.3 is 31.2 Å². The number of nitrogens with two attached hydrogens (primary N) is 2. The number of aliphatic imine (C=N–C) groups is 1. The summed E-state index contributed by atoms with van der Waals surface area (Å²) in [6.45, 7) is 6.63. The second-order valence-corrected chi connectivity index (χ2v) is 11.9. The molecule has 1 saturated heterocycles. The van der Waals surface area contributed by atoms with Crippen LogP contribution >= 0.6 is 0 Å². The fourth-order valence-corrected chi connectivity index (χ4v) is 5.88. The van der Waals surface area contributed by atoms with E-state index in [9.17, 15) is 9.59 Å². The van der Waals surface area contributed by atoms with Crippen molar-refractivity contribution in [3.05, 3.63) is 83.6 Å². The number of hydrogen-bond acceptors (Lipinski definition) is 7. The van der Waals surface area contributed by atoms with Gasteiger partial charge in [0.1, 0.15) is 12.0 Å². The van der Waals surface area contributed by atoms with Gasteiger partial charge in [-0.1, -0.05) is 60.7 Å². The van der Waals surface area contributed by atoms with Gasteiger partial charge in [0, 0.05) is 32.2 Å². The van der Waals surface area contributed by atoms with Crippen LogP contribution in [0.4, 0.5) is 4.79 Å². The van der Waals surface area contributed by atoms with Crippen molar-refractivity contribution in [2.24, 2.45) is 22.4 Å². The Morgan fingerprint density at radius 1 is 1.14 bits per heavy atom. The smallest absolute Gasteiger partial charge is 0.412 e. The zero-order chi connectivity index (χ0) is 32.0. The number of aldehydes is 1. The number of carbonyl (C=O) groups is 2. The first kappa shape index (κ1) is 34.8. The van der Waals surface area contributed by atoms with Gasteiger partial charge in [-0.25, -0.2) is 15.2 Å². The van der Waals surface area contributed by atoms with Gasteiger partial charge in [0.25, 0.3) is 0 Å². The van der Waals surface area contributed by atoms with E-state index in [0.29, 0.717) is 44.7 Å². The van der Waals surface area contributed by atoms with E-state index in [1.165, 1.54) is 0 Å². The monoisotopic (exact) mass is 605 g/mol. The number of piperidine rings is 1. The summed E-state index contributed by atoms with van der Waals surface area (Å²) < 4.78 is 6.21. The molecule has 6 N–H and O–H groups in total. The number of rotatable bonds is 16. The summed E-state index contributed by atoms with van der Waals surface area (Å²) in [5.41, 5.74) is 15.6. The number of hydrogen-bond donors (Lipinski definition) is 4. The molecule has 10 nitrogen and oxygen atoms in total. The van der Waals surface area contributed by atoms with Gasteiger partial charge in [0.2, 0.25) is 0 Å². The quantitative estimate of drug-likeness (QED) is 0.0746. The van der Waals surface area contributed by atoms with Crippen molar-refractivity contribution < 1.29 is 14.3 Å². The summed E-state index contributed by atoms with van der Waals surface area (Å²) in [7, 11) is 4.14. The Labute approximate surface area is 262 Å². The molecule has 44 heavy (non-hydrogen) atoms. The standard InChI is InChI=1S/C34H51N7O3/c1-5-31(34(22-26(2)40(3)4,28-15-8-6-9-16-28)29-17-10-7-11-18-29)44-33(43)38-23-27-14-13-21-41(24-27)39-30(25-42)19-12-20-37-32(35)36/h5-11,15-18,25-27,30,39H,12-14,19-24H2,1-4H3,(H,38,43)(H4,35,36,37)/b31-5-/t26?,27?,30-/m0/s1. The molecule has 0 aliphatic carbocycles. The van der Waals surface area contributed by atoms with Crippen molar-refractivity contribution >= 4 is 18.3 Å². The second-order valence-electron chi connectivity index (χ2n) is 11.9. The van der Waals surface area contributed by atoms with Gasteiger partial charge in [-0.15, -0.1) is 0 Å². The van der Waals surface area contributed by atoms with Crippen LogP contribution in [0.2, 0.25) is 0 Å². The zero-order valence-corrected chi connectivity index (χ0v) is 26.7. The SMILES string of the molecule is C/C=C(\OC(=O)NCC1CCCN(N[C@H](C=O)CCCN=C(N)N)C1)C(CC(C)N(C)C)(c1ccccc1)c1ccccc1. The third-order valence-electron chi connectivity index (χ3n) is 8.44. The van der Waals surface area contributed by atoms with Crippen LogP contribution in [0.15, 0.2) is 77.5 Å². The number of hydrazine groups is 1. The minimum absolute atomic E-state index is 0.0565. The molecule has 0 aromatic heterocycles. The number of allylic oxidation sites excluding steroid dienone is 2. The van der Waals surface area contributed by atoms with Crippen molar-refractivity contribution in [2.45, 2.75) is 63.5 Å². The van der Waals surface area contributed by atoms with Crippen molar-refractivity contribution in [3.8, 4) is 0 Å². The summed E-state index contributed by atoms with van der Waals surface area (Å²) >= 11 is 0. The summed E-state index contributed by atoms with van der Waals surface area (Å²) in [6.07, 6.45) is 6.36. The van der Waals surface area contributed by atoms with Gasteiger partial charge in [0.15, 0.2) is 5.96 Å². The number of nitrogens with one attached hydrogen (secondary N) is 2. The van der Waals surface area contributed by atoms with E-state index >= 15 is 0 Å². The van der Waals surface area contributed by atoms with E-state index in [1.54, 1.807) is 0 Å². The maximum atomic E-state index is 13.4. The number of guanidine groups is 1. The van der Waals surface area contributed by atoms with Crippen LogP contribution in [0.1, 0.15) is 57.1 Å². The van der Waals surface area contributed by atoms with Crippen LogP contribution in [-0.2, 0) is 14.9 Å². The van der Waals surface area contributed by atoms with Crippen LogP contribution in [0.3, 0.4) is 0 Å². The predicted octanol–water partition coefficient (Wildman–Crippen LogP) is 3.78. The molecule has 0 radical (unpaired) electrons. The van der Waals surface area contributed by atoms with E-state index in [4.69, 9.17) is 16.2 Å². The van der Waals surface area contributed by atoms with Gasteiger partial charge in [-0.3, -0.25) is 4.99 Å². The lowest BCUT2D eigenvalue weighted by Crippen LogP contribution is -2.51. The van der Waals surface area contributed by atoms with Crippen LogP contribution in [0.25, 0.3) is 0 Å². The predicted molar refractivity (Wildman–Crippen MR) is 177 cm³/mol. The highest BCUT2D eigenvalue weighted by Crippen LogP contribution is 2.44.